The van der Waals surface area contributed by atoms with Crippen LogP contribution in [0, 0.1) is 0 Å². The highest BCUT2D eigenvalue weighted by Gasteiger charge is 2.27. The Morgan fingerprint density at radius 3 is 2.67 bits per heavy atom. The third kappa shape index (κ3) is 4.49. The van der Waals surface area contributed by atoms with E-state index in [9.17, 15) is 8.42 Å². The molecule has 1 aliphatic heterocycles. The maximum Gasteiger partial charge on any atom is 0.154 e. The van der Waals surface area contributed by atoms with Gasteiger partial charge in [-0.15, -0.1) is 0 Å². The first-order chi connectivity index (χ1) is 7.02. The fourth-order valence-corrected chi connectivity index (χ4v) is 3.65. The molecule has 1 saturated heterocycles. The molecule has 0 aliphatic carbocycles. The number of likely N-dealkylation sites (N-methyl/N-ethyl adjacent to an activating group) is 1. The fraction of sp³-hybridized carbons (Fsp3) is 1.00. The molecule has 15 heavy (non-hydrogen) atoms. The zero-order valence-corrected chi connectivity index (χ0v) is 10.5. The van der Waals surface area contributed by atoms with Gasteiger partial charge in [0.25, 0.3) is 0 Å². The van der Waals surface area contributed by atoms with Crippen molar-refractivity contribution < 1.29 is 8.42 Å². The lowest BCUT2D eigenvalue weighted by atomic mass is 10.2. The highest BCUT2D eigenvalue weighted by Crippen LogP contribution is 2.18. The Morgan fingerprint density at radius 1 is 1.33 bits per heavy atom. The van der Waals surface area contributed by atoms with Crippen molar-refractivity contribution in [1.82, 2.24) is 10.2 Å². The molecule has 1 fully saturated rings. The zero-order chi connectivity index (χ0) is 11.3. The van der Waals surface area contributed by atoms with E-state index in [-0.39, 0.29) is 5.25 Å². The van der Waals surface area contributed by atoms with Crippen LogP contribution in [0.5, 0.6) is 0 Å². The number of rotatable bonds is 5. The second-order valence-corrected chi connectivity index (χ2v) is 6.89. The third-order valence-electron chi connectivity index (χ3n) is 2.82. The Morgan fingerprint density at radius 2 is 2.07 bits per heavy atom. The first-order valence-electron chi connectivity index (χ1n) is 5.59. The Bertz CT molecular complexity index is 275. The van der Waals surface area contributed by atoms with Gasteiger partial charge in [-0.05, 0) is 26.9 Å². The van der Waals surface area contributed by atoms with Crippen LogP contribution >= 0.6 is 0 Å². The molecule has 1 rings (SSSR count). The second-order valence-electron chi connectivity index (χ2n) is 4.49. The summed E-state index contributed by atoms with van der Waals surface area (Å²) in [6.07, 6.45) is 2.73. The largest absolute Gasteiger partial charge is 0.314 e. The van der Waals surface area contributed by atoms with Crippen LogP contribution in [-0.4, -0.2) is 58.1 Å². The molecule has 1 N–H and O–H groups in total. The first kappa shape index (κ1) is 12.9. The van der Waals surface area contributed by atoms with Gasteiger partial charge < -0.3 is 10.2 Å². The summed E-state index contributed by atoms with van der Waals surface area (Å²) in [5.41, 5.74) is 0. The topological polar surface area (TPSA) is 49.4 Å². The van der Waals surface area contributed by atoms with E-state index < -0.39 is 9.84 Å². The first-order valence-corrected chi connectivity index (χ1v) is 7.31. The van der Waals surface area contributed by atoms with Gasteiger partial charge in [0.05, 0.1) is 11.0 Å². The van der Waals surface area contributed by atoms with E-state index in [0.717, 1.165) is 32.4 Å². The Labute approximate surface area is 93.0 Å². The summed E-state index contributed by atoms with van der Waals surface area (Å²) in [7, 11) is 1.23. The zero-order valence-electron chi connectivity index (χ0n) is 9.70. The van der Waals surface area contributed by atoms with Crippen molar-refractivity contribution in [2.24, 2.45) is 0 Å². The number of hydrogen-bond donors (Lipinski definition) is 1. The van der Waals surface area contributed by atoms with Crippen LogP contribution in [0.1, 0.15) is 19.3 Å². The van der Waals surface area contributed by atoms with Crippen molar-refractivity contribution in [3.05, 3.63) is 0 Å². The number of nitrogens with one attached hydrogen (secondary N) is 1. The SMILES string of the molecule is CN(C)CCNCC1CCCCS1(=O)=O. The average Bonchev–Trinajstić information content (AvgIpc) is 2.13. The lowest BCUT2D eigenvalue weighted by Crippen LogP contribution is -2.39. The molecule has 1 unspecified atom stereocenters. The van der Waals surface area contributed by atoms with E-state index in [0.29, 0.717) is 12.3 Å². The lowest BCUT2D eigenvalue weighted by Gasteiger charge is -2.22. The molecule has 0 radical (unpaired) electrons. The second kappa shape index (κ2) is 5.82. The summed E-state index contributed by atoms with van der Waals surface area (Å²) in [5, 5.41) is 3.08. The van der Waals surface area contributed by atoms with Gasteiger partial charge in [-0.3, -0.25) is 0 Å². The van der Waals surface area contributed by atoms with Crippen LogP contribution in [0.4, 0.5) is 0 Å². The molecule has 4 nitrogen and oxygen atoms in total. The summed E-state index contributed by atoms with van der Waals surface area (Å²) < 4.78 is 23.3. The van der Waals surface area contributed by atoms with E-state index in [1.165, 1.54) is 0 Å². The van der Waals surface area contributed by atoms with Gasteiger partial charge in [-0.25, -0.2) is 8.42 Å². The van der Waals surface area contributed by atoms with Gasteiger partial charge >= 0.3 is 0 Å². The molecule has 90 valence electrons. The van der Waals surface area contributed by atoms with E-state index in [1.54, 1.807) is 0 Å². The quantitative estimate of drug-likeness (QED) is 0.686. The average molecular weight is 234 g/mol. The molecule has 0 saturated carbocycles. The van der Waals surface area contributed by atoms with E-state index in [4.69, 9.17) is 0 Å². The molecular formula is C10H22N2O2S. The fourth-order valence-electron chi connectivity index (χ4n) is 1.82. The molecule has 0 amide bonds. The van der Waals surface area contributed by atoms with Gasteiger partial charge in [-0.1, -0.05) is 6.42 Å². The maximum absolute atomic E-state index is 11.7. The highest BCUT2D eigenvalue weighted by atomic mass is 32.2. The Hall–Kier alpha value is -0.130. The molecule has 0 aromatic heterocycles. The Balaban J connectivity index is 2.25. The van der Waals surface area contributed by atoms with Crippen molar-refractivity contribution in [2.75, 3.05) is 39.5 Å². The molecule has 0 aromatic rings. The normalized spacial score (nSPS) is 25.7. The van der Waals surface area contributed by atoms with E-state index >= 15 is 0 Å². The molecule has 5 heteroatoms. The number of hydrogen-bond acceptors (Lipinski definition) is 4. The summed E-state index contributed by atoms with van der Waals surface area (Å²) in [4.78, 5) is 2.09. The summed E-state index contributed by atoms with van der Waals surface area (Å²) in [6.45, 7) is 2.43. The smallest absolute Gasteiger partial charge is 0.154 e. The third-order valence-corrected chi connectivity index (χ3v) is 5.10. The molecule has 1 aliphatic rings. The van der Waals surface area contributed by atoms with E-state index in [1.807, 2.05) is 14.1 Å². The number of sulfone groups is 1. The van der Waals surface area contributed by atoms with Gasteiger partial charge in [0.1, 0.15) is 0 Å². The Kier molecular flexibility index (Phi) is 5.02. The predicted molar refractivity (Wildman–Crippen MR) is 62.8 cm³/mol. The van der Waals surface area contributed by atoms with E-state index in [2.05, 4.69) is 10.2 Å². The van der Waals surface area contributed by atoms with Crippen LogP contribution in [0.3, 0.4) is 0 Å². The van der Waals surface area contributed by atoms with Crippen LogP contribution < -0.4 is 5.32 Å². The summed E-state index contributed by atoms with van der Waals surface area (Å²) in [5.74, 6) is 0.382. The maximum atomic E-state index is 11.7. The van der Waals surface area contributed by atoms with Crippen molar-refractivity contribution in [2.45, 2.75) is 24.5 Å². The summed E-state index contributed by atoms with van der Waals surface area (Å²) in [6, 6.07) is 0. The lowest BCUT2D eigenvalue weighted by molar-refractivity contribution is 0.397. The minimum atomic E-state index is -2.80. The van der Waals surface area contributed by atoms with Gasteiger partial charge in [-0.2, -0.15) is 0 Å². The van der Waals surface area contributed by atoms with Gasteiger partial charge in [0, 0.05) is 19.6 Å². The minimum absolute atomic E-state index is 0.145. The minimum Gasteiger partial charge on any atom is -0.314 e. The molecule has 0 spiro atoms. The molecule has 0 aromatic carbocycles. The standard InChI is InChI=1S/C10H22N2O2S/c1-12(2)7-6-11-9-10-5-3-4-8-15(10,13)14/h10-11H,3-9H2,1-2H3. The van der Waals surface area contributed by atoms with Gasteiger partial charge in [0.15, 0.2) is 9.84 Å². The molecule has 1 atom stereocenters. The summed E-state index contributed by atoms with van der Waals surface area (Å²) >= 11 is 0. The predicted octanol–water partition coefficient (Wildman–Crippen LogP) is 0.105. The van der Waals surface area contributed by atoms with Gasteiger partial charge in [0.2, 0.25) is 0 Å². The molecule has 0 bridgehead atoms. The highest BCUT2D eigenvalue weighted by molar-refractivity contribution is 7.92. The monoisotopic (exact) mass is 234 g/mol. The van der Waals surface area contributed by atoms with Crippen molar-refractivity contribution in [3.8, 4) is 0 Å². The van der Waals surface area contributed by atoms with Crippen LogP contribution in [-0.2, 0) is 9.84 Å². The van der Waals surface area contributed by atoms with Crippen LogP contribution in [0.15, 0.2) is 0 Å². The number of nitrogens with zero attached hydrogens (tertiary/aromatic N) is 1. The van der Waals surface area contributed by atoms with Crippen LogP contribution in [0.25, 0.3) is 0 Å². The molecular weight excluding hydrogens is 212 g/mol. The van der Waals surface area contributed by atoms with Crippen molar-refractivity contribution in [3.63, 3.8) is 0 Å². The molecule has 1 heterocycles. The van der Waals surface area contributed by atoms with Crippen molar-refractivity contribution >= 4 is 9.84 Å². The van der Waals surface area contributed by atoms with Crippen molar-refractivity contribution in [1.29, 1.82) is 0 Å². The van der Waals surface area contributed by atoms with Crippen LogP contribution in [0.2, 0.25) is 0 Å².